The van der Waals surface area contributed by atoms with E-state index in [0.29, 0.717) is 18.6 Å². The number of nitrogens with zero attached hydrogens (tertiary/aromatic N) is 1. The van der Waals surface area contributed by atoms with Crippen LogP contribution in [0.4, 0.5) is 0 Å². The first-order chi connectivity index (χ1) is 13.2. The molecule has 1 atom stereocenters. The number of para-hydroxylation sites is 1. The Morgan fingerprint density at radius 3 is 2.74 bits per heavy atom. The molecular formula is C21H31N3O3. The molecule has 3 rings (SSSR count). The normalized spacial score (nSPS) is 25.1. The molecule has 1 saturated carbocycles. The number of hydrogen-bond acceptors (Lipinski definition) is 4. The van der Waals surface area contributed by atoms with Crippen molar-refractivity contribution in [3.63, 3.8) is 0 Å². The van der Waals surface area contributed by atoms with Gasteiger partial charge in [0.25, 0.3) is 0 Å². The first-order valence-electron chi connectivity index (χ1n) is 10.1. The van der Waals surface area contributed by atoms with E-state index in [1.807, 2.05) is 19.1 Å². The molecule has 1 aromatic rings. The summed E-state index contributed by atoms with van der Waals surface area (Å²) in [5.74, 6) is 2.26. The SMILES string of the molecule is CCOC(=O)C1CCC(NC(=NC)NCC2CCOc3ccccc32)CC1. The van der Waals surface area contributed by atoms with Gasteiger partial charge in [-0.1, -0.05) is 18.2 Å². The molecule has 1 aromatic carbocycles. The van der Waals surface area contributed by atoms with Gasteiger partial charge in [0, 0.05) is 25.6 Å². The van der Waals surface area contributed by atoms with Crippen molar-refractivity contribution in [2.45, 2.75) is 51.0 Å². The lowest BCUT2D eigenvalue weighted by molar-refractivity contribution is -0.149. The van der Waals surface area contributed by atoms with Crippen LogP contribution in [0.5, 0.6) is 5.75 Å². The van der Waals surface area contributed by atoms with Gasteiger partial charge in [0.05, 0.1) is 19.1 Å². The van der Waals surface area contributed by atoms with E-state index < -0.39 is 0 Å². The maximum atomic E-state index is 11.9. The van der Waals surface area contributed by atoms with Gasteiger partial charge in [0.2, 0.25) is 0 Å². The fraction of sp³-hybridized carbons (Fsp3) is 0.619. The fourth-order valence-corrected chi connectivity index (χ4v) is 3.97. The highest BCUT2D eigenvalue weighted by Gasteiger charge is 2.28. The summed E-state index contributed by atoms with van der Waals surface area (Å²) >= 11 is 0. The van der Waals surface area contributed by atoms with Gasteiger partial charge in [-0.2, -0.15) is 0 Å². The molecule has 0 spiro atoms. The summed E-state index contributed by atoms with van der Waals surface area (Å²) in [5.41, 5.74) is 1.27. The Morgan fingerprint density at radius 1 is 1.22 bits per heavy atom. The topological polar surface area (TPSA) is 72.0 Å². The van der Waals surface area contributed by atoms with Crippen LogP contribution < -0.4 is 15.4 Å². The lowest BCUT2D eigenvalue weighted by Gasteiger charge is -2.30. The van der Waals surface area contributed by atoms with E-state index in [1.54, 1.807) is 7.05 Å². The van der Waals surface area contributed by atoms with Gasteiger partial charge in [-0.25, -0.2) is 0 Å². The van der Waals surface area contributed by atoms with Gasteiger partial charge in [-0.3, -0.25) is 9.79 Å². The molecule has 1 heterocycles. The number of guanidine groups is 1. The van der Waals surface area contributed by atoms with Crippen LogP contribution in [-0.2, 0) is 9.53 Å². The number of fused-ring (bicyclic) bond motifs is 1. The number of benzene rings is 1. The maximum absolute atomic E-state index is 11.9. The van der Waals surface area contributed by atoms with Crippen LogP contribution in [0.2, 0.25) is 0 Å². The summed E-state index contributed by atoms with van der Waals surface area (Å²) in [5, 5.41) is 6.99. The first kappa shape index (κ1) is 19.5. The molecule has 2 aliphatic rings. The molecule has 1 aliphatic heterocycles. The van der Waals surface area contributed by atoms with Crippen molar-refractivity contribution in [3.8, 4) is 5.75 Å². The average molecular weight is 373 g/mol. The van der Waals surface area contributed by atoms with Gasteiger partial charge in [0.1, 0.15) is 5.75 Å². The zero-order chi connectivity index (χ0) is 19.1. The molecule has 0 amide bonds. The van der Waals surface area contributed by atoms with Crippen molar-refractivity contribution in [2.75, 3.05) is 26.8 Å². The van der Waals surface area contributed by atoms with Crippen LogP contribution >= 0.6 is 0 Å². The molecule has 0 aromatic heterocycles. The van der Waals surface area contributed by atoms with E-state index in [2.05, 4.69) is 27.8 Å². The number of aliphatic imine (C=N–C) groups is 1. The second-order valence-corrected chi connectivity index (χ2v) is 7.27. The van der Waals surface area contributed by atoms with E-state index in [-0.39, 0.29) is 11.9 Å². The number of rotatable bonds is 5. The van der Waals surface area contributed by atoms with Crippen molar-refractivity contribution in [2.24, 2.45) is 10.9 Å². The number of carbonyl (C=O) groups excluding carboxylic acids is 1. The Labute approximate surface area is 161 Å². The third-order valence-corrected chi connectivity index (χ3v) is 5.51. The molecule has 27 heavy (non-hydrogen) atoms. The Hall–Kier alpha value is -2.24. The zero-order valence-corrected chi connectivity index (χ0v) is 16.4. The highest BCUT2D eigenvalue weighted by molar-refractivity contribution is 5.80. The summed E-state index contributed by atoms with van der Waals surface area (Å²) in [6.45, 7) is 3.91. The zero-order valence-electron chi connectivity index (χ0n) is 16.4. The van der Waals surface area contributed by atoms with Crippen molar-refractivity contribution in [3.05, 3.63) is 29.8 Å². The Balaban J connectivity index is 1.46. The summed E-state index contributed by atoms with van der Waals surface area (Å²) in [7, 11) is 1.80. The van der Waals surface area contributed by atoms with Crippen molar-refractivity contribution < 1.29 is 14.3 Å². The highest BCUT2D eigenvalue weighted by Crippen LogP contribution is 2.32. The minimum Gasteiger partial charge on any atom is -0.493 e. The van der Waals surface area contributed by atoms with Crippen LogP contribution in [0.3, 0.4) is 0 Å². The second-order valence-electron chi connectivity index (χ2n) is 7.27. The maximum Gasteiger partial charge on any atom is 0.308 e. The molecule has 6 heteroatoms. The third-order valence-electron chi connectivity index (χ3n) is 5.51. The molecule has 6 nitrogen and oxygen atoms in total. The van der Waals surface area contributed by atoms with E-state index in [0.717, 1.165) is 57.0 Å². The quantitative estimate of drug-likeness (QED) is 0.472. The molecule has 148 valence electrons. The van der Waals surface area contributed by atoms with Crippen LogP contribution in [0, 0.1) is 5.92 Å². The molecule has 1 aliphatic carbocycles. The molecule has 2 N–H and O–H groups in total. The fourth-order valence-electron chi connectivity index (χ4n) is 3.97. The third kappa shape index (κ3) is 5.15. The molecule has 0 saturated heterocycles. The van der Waals surface area contributed by atoms with Crippen LogP contribution in [-0.4, -0.2) is 44.8 Å². The Kier molecular flexibility index (Phi) is 6.96. The summed E-state index contributed by atoms with van der Waals surface area (Å²) in [6.07, 6.45) is 4.68. The molecular weight excluding hydrogens is 342 g/mol. The number of esters is 1. The van der Waals surface area contributed by atoms with Crippen molar-refractivity contribution in [1.29, 1.82) is 0 Å². The van der Waals surface area contributed by atoms with Gasteiger partial charge >= 0.3 is 5.97 Å². The van der Waals surface area contributed by atoms with E-state index >= 15 is 0 Å². The highest BCUT2D eigenvalue weighted by atomic mass is 16.5. The standard InChI is InChI=1S/C21H31N3O3/c1-3-26-20(25)15-8-10-17(11-9-15)24-21(22-2)23-14-16-12-13-27-19-7-5-4-6-18(16)19/h4-7,15-17H,3,8-14H2,1-2H3,(H2,22,23,24). The van der Waals surface area contributed by atoms with Gasteiger partial charge in [-0.05, 0) is 50.7 Å². The van der Waals surface area contributed by atoms with E-state index in [4.69, 9.17) is 9.47 Å². The summed E-state index contributed by atoms with van der Waals surface area (Å²) in [6, 6.07) is 8.62. The first-order valence-corrected chi connectivity index (χ1v) is 10.1. The predicted octanol–water partition coefficient (Wildman–Crippen LogP) is 2.84. The van der Waals surface area contributed by atoms with E-state index in [9.17, 15) is 4.79 Å². The Bertz CT molecular complexity index is 654. The summed E-state index contributed by atoms with van der Waals surface area (Å²) in [4.78, 5) is 16.3. The summed E-state index contributed by atoms with van der Waals surface area (Å²) < 4.78 is 10.9. The second kappa shape index (κ2) is 9.62. The lowest BCUT2D eigenvalue weighted by atomic mass is 9.86. The lowest BCUT2D eigenvalue weighted by Crippen LogP contribution is -2.46. The van der Waals surface area contributed by atoms with Gasteiger partial charge in [0.15, 0.2) is 5.96 Å². The predicted molar refractivity (Wildman–Crippen MR) is 106 cm³/mol. The monoisotopic (exact) mass is 373 g/mol. The van der Waals surface area contributed by atoms with Crippen LogP contribution in [0.15, 0.2) is 29.3 Å². The largest absolute Gasteiger partial charge is 0.493 e. The molecule has 1 fully saturated rings. The molecule has 1 unspecified atom stereocenters. The molecule has 0 bridgehead atoms. The van der Waals surface area contributed by atoms with Crippen molar-refractivity contribution in [1.82, 2.24) is 10.6 Å². The van der Waals surface area contributed by atoms with Gasteiger partial charge in [-0.15, -0.1) is 0 Å². The number of nitrogens with one attached hydrogen (secondary N) is 2. The minimum atomic E-state index is -0.0448. The average Bonchev–Trinajstić information content (AvgIpc) is 2.71. The number of ether oxygens (including phenoxy) is 2. The number of hydrogen-bond donors (Lipinski definition) is 2. The molecule has 0 radical (unpaired) electrons. The van der Waals surface area contributed by atoms with Crippen molar-refractivity contribution >= 4 is 11.9 Å². The van der Waals surface area contributed by atoms with E-state index in [1.165, 1.54) is 5.56 Å². The van der Waals surface area contributed by atoms with Crippen LogP contribution in [0.1, 0.15) is 50.5 Å². The minimum absolute atomic E-state index is 0.0448. The van der Waals surface area contributed by atoms with Gasteiger partial charge < -0.3 is 20.1 Å². The van der Waals surface area contributed by atoms with Crippen LogP contribution in [0.25, 0.3) is 0 Å². The Morgan fingerprint density at radius 2 is 2.00 bits per heavy atom. The number of carbonyl (C=O) groups is 1. The smallest absolute Gasteiger partial charge is 0.308 e.